The van der Waals surface area contributed by atoms with E-state index in [1.165, 1.54) is 0 Å². The number of rotatable bonds is 4. The Morgan fingerprint density at radius 1 is 1.18 bits per heavy atom. The van der Waals surface area contributed by atoms with Crippen LogP contribution in [0.5, 0.6) is 0 Å². The second kappa shape index (κ2) is 5.07. The van der Waals surface area contributed by atoms with E-state index in [1.807, 2.05) is 36.4 Å². The van der Waals surface area contributed by atoms with Crippen LogP contribution in [-0.2, 0) is 0 Å². The Kier molecular flexibility index (Phi) is 3.31. The number of H-pyrrole nitrogens is 1. The summed E-state index contributed by atoms with van der Waals surface area (Å²) in [6.07, 6.45) is 5.25. The molecule has 0 atom stereocenters. The van der Waals surface area contributed by atoms with Crippen molar-refractivity contribution in [2.45, 2.75) is 0 Å². The van der Waals surface area contributed by atoms with Crippen LogP contribution in [0.15, 0.2) is 61.7 Å². The van der Waals surface area contributed by atoms with Crippen LogP contribution < -0.4 is 0 Å². The number of allylic oxidation sites excluding steroid dienone is 4. The molecule has 0 aliphatic heterocycles. The number of benzene rings is 1. The first kappa shape index (κ1) is 11.1. The van der Waals surface area contributed by atoms with Gasteiger partial charge < -0.3 is 0 Å². The molecule has 0 radical (unpaired) electrons. The van der Waals surface area contributed by atoms with E-state index in [2.05, 4.69) is 28.3 Å². The lowest BCUT2D eigenvalue weighted by Crippen LogP contribution is -1.83. The zero-order valence-corrected chi connectivity index (χ0v) is 9.43. The molecule has 2 rings (SSSR count). The highest BCUT2D eigenvalue weighted by Gasteiger charge is 2.06. The van der Waals surface area contributed by atoms with E-state index in [0.29, 0.717) is 11.6 Å². The lowest BCUT2D eigenvalue weighted by atomic mass is 10.2. The smallest absolute Gasteiger partial charge is 0.181 e. The fourth-order valence-corrected chi connectivity index (χ4v) is 1.48. The molecule has 1 aromatic heterocycles. The van der Waals surface area contributed by atoms with Crippen molar-refractivity contribution < 1.29 is 0 Å². The van der Waals surface area contributed by atoms with Crippen molar-refractivity contribution >= 4 is 5.57 Å². The maximum Gasteiger partial charge on any atom is 0.181 e. The van der Waals surface area contributed by atoms with Gasteiger partial charge in [-0.15, -0.1) is 0 Å². The van der Waals surface area contributed by atoms with Crippen LogP contribution in [0.2, 0.25) is 0 Å². The van der Waals surface area contributed by atoms with Gasteiger partial charge in [-0.2, -0.15) is 5.10 Å². The van der Waals surface area contributed by atoms with Gasteiger partial charge in [-0.1, -0.05) is 61.7 Å². The molecule has 0 saturated heterocycles. The lowest BCUT2D eigenvalue weighted by molar-refractivity contribution is 1.08. The fraction of sp³-hybridized carbons (Fsp3) is 0. The maximum absolute atomic E-state index is 4.42. The van der Waals surface area contributed by atoms with E-state index in [0.717, 1.165) is 11.1 Å². The van der Waals surface area contributed by atoms with E-state index < -0.39 is 0 Å². The summed E-state index contributed by atoms with van der Waals surface area (Å²) in [6, 6.07) is 9.82. The molecule has 0 fully saturated rings. The number of aromatic nitrogens is 3. The molecule has 3 nitrogen and oxygen atoms in total. The van der Waals surface area contributed by atoms with E-state index >= 15 is 0 Å². The molecular weight excluding hydrogens is 210 g/mol. The Balaban J connectivity index is 2.37. The van der Waals surface area contributed by atoms with Crippen molar-refractivity contribution in [2.75, 3.05) is 0 Å². The van der Waals surface area contributed by atoms with Gasteiger partial charge in [-0.3, -0.25) is 5.10 Å². The Hall–Kier alpha value is -2.42. The molecule has 0 saturated carbocycles. The maximum atomic E-state index is 4.42. The minimum absolute atomic E-state index is 0.678. The van der Waals surface area contributed by atoms with Crippen LogP contribution in [-0.4, -0.2) is 15.2 Å². The molecule has 84 valence electrons. The molecule has 1 aromatic carbocycles. The summed E-state index contributed by atoms with van der Waals surface area (Å²) in [7, 11) is 0. The third-order valence-electron chi connectivity index (χ3n) is 2.31. The summed E-state index contributed by atoms with van der Waals surface area (Å²) in [6.45, 7) is 7.39. The molecule has 2 aromatic rings. The minimum Gasteiger partial charge on any atom is -0.259 e. The van der Waals surface area contributed by atoms with Crippen LogP contribution in [0, 0.1) is 0 Å². The number of nitrogens with zero attached hydrogens (tertiary/aromatic N) is 2. The molecule has 0 bridgehead atoms. The molecule has 0 spiro atoms. The van der Waals surface area contributed by atoms with Crippen LogP contribution in [0.3, 0.4) is 0 Å². The standard InChI is InChI=1S/C14H13N3/c1-3-8-11(4-2)13-15-14(17-16-13)12-9-6-5-7-10-12/h3-10H,1-2H2,(H,15,16,17)/b11-8+. The Morgan fingerprint density at radius 2 is 1.94 bits per heavy atom. The van der Waals surface area contributed by atoms with Gasteiger partial charge in [0.05, 0.1) is 0 Å². The Bertz CT molecular complexity index is 550. The summed E-state index contributed by atoms with van der Waals surface area (Å²) in [4.78, 5) is 4.42. The van der Waals surface area contributed by atoms with Gasteiger partial charge >= 0.3 is 0 Å². The van der Waals surface area contributed by atoms with Crippen molar-refractivity contribution in [3.05, 3.63) is 67.5 Å². The summed E-state index contributed by atoms with van der Waals surface area (Å²) >= 11 is 0. The number of hydrogen-bond acceptors (Lipinski definition) is 2. The largest absolute Gasteiger partial charge is 0.259 e. The van der Waals surface area contributed by atoms with Gasteiger partial charge in [0.2, 0.25) is 0 Å². The minimum atomic E-state index is 0.678. The Morgan fingerprint density at radius 3 is 2.59 bits per heavy atom. The first-order chi connectivity index (χ1) is 8.35. The van der Waals surface area contributed by atoms with Crippen LogP contribution >= 0.6 is 0 Å². The predicted molar refractivity (Wildman–Crippen MR) is 70.2 cm³/mol. The number of aromatic amines is 1. The highest BCUT2D eigenvalue weighted by Crippen LogP contribution is 2.17. The molecule has 1 heterocycles. The fourth-order valence-electron chi connectivity index (χ4n) is 1.48. The van der Waals surface area contributed by atoms with Gasteiger partial charge in [-0.05, 0) is 0 Å². The van der Waals surface area contributed by atoms with Crippen LogP contribution in [0.4, 0.5) is 0 Å². The van der Waals surface area contributed by atoms with Gasteiger partial charge in [0.25, 0.3) is 0 Å². The Labute approximate surface area is 100 Å². The molecule has 17 heavy (non-hydrogen) atoms. The predicted octanol–water partition coefficient (Wildman–Crippen LogP) is 3.23. The molecule has 0 unspecified atom stereocenters. The van der Waals surface area contributed by atoms with Crippen molar-refractivity contribution in [3.8, 4) is 11.4 Å². The SMILES string of the molecule is C=C/C=C(\C=C)c1nc(-c2ccccc2)n[nH]1. The monoisotopic (exact) mass is 223 g/mol. The van der Waals surface area contributed by atoms with E-state index in [9.17, 15) is 0 Å². The van der Waals surface area contributed by atoms with E-state index in [-0.39, 0.29) is 0 Å². The van der Waals surface area contributed by atoms with Crippen LogP contribution in [0.1, 0.15) is 5.82 Å². The van der Waals surface area contributed by atoms with Crippen LogP contribution in [0.25, 0.3) is 17.0 Å². The molecule has 0 aliphatic rings. The third kappa shape index (κ3) is 2.39. The topological polar surface area (TPSA) is 41.6 Å². The normalized spacial score (nSPS) is 11.2. The molecule has 0 aliphatic carbocycles. The molecule has 0 amide bonds. The van der Waals surface area contributed by atoms with Crippen molar-refractivity contribution in [1.82, 2.24) is 15.2 Å². The molecule has 1 N–H and O–H groups in total. The summed E-state index contributed by atoms with van der Waals surface area (Å²) < 4.78 is 0. The van der Waals surface area contributed by atoms with Crippen molar-refractivity contribution in [1.29, 1.82) is 0 Å². The zero-order chi connectivity index (χ0) is 12.1. The first-order valence-corrected chi connectivity index (χ1v) is 5.28. The quantitative estimate of drug-likeness (QED) is 0.808. The summed E-state index contributed by atoms with van der Waals surface area (Å²) in [5.74, 6) is 1.37. The zero-order valence-electron chi connectivity index (χ0n) is 9.43. The third-order valence-corrected chi connectivity index (χ3v) is 2.31. The van der Waals surface area contributed by atoms with Gasteiger partial charge in [-0.25, -0.2) is 4.98 Å². The van der Waals surface area contributed by atoms with Gasteiger partial charge in [0, 0.05) is 11.1 Å². The molecular formula is C14H13N3. The van der Waals surface area contributed by atoms with Gasteiger partial charge in [0.15, 0.2) is 11.6 Å². The highest BCUT2D eigenvalue weighted by atomic mass is 15.2. The van der Waals surface area contributed by atoms with E-state index in [4.69, 9.17) is 0 Å². The van der Waals surface area contributed by atoms with E-state index in [1.54, 1.807) is 12.2 Å². The second-order valence-electron chi connectivity index (χ2n) is 3.44. The van der Waals surface area contributed by atoms with Crippen molar-refractivity contribution in [2.24, 2.45) is 0 Å². The van der Waals surface area contributed by atoms with Crippen molar-refractivity contribution in [3.63, 3.8) is 0 Å². The first-order valence-electron chi connectivity index (χ1n) is 5.28. The molecule has 3 heteroatoms. The highest BCUT2D eigenvalue weighted by molar-refractivity contribution is 5.71. The lowest BCUT2D eigenvalue weighted by Gasteiger charge is -1.93. The average molecular weight is 223 g/mol. The second-order valence-corrected chi connectivity index (χ2v) is 3.44. The summed E-state index contributed by atoms with van der Waals surface area (Å²) in [5, 5.41) is 7.07. The summed E-state index contributed by atoms with van der Waals surface area (Å²) in [5.41, 5.74) is 1.85. The number of hydrogen-bond donors (Lipinski definition) is 1. The average Bonchev–Trinajstić information content (AvgIpc) is 2.86. The number of nitrogens with one attached hydrogen (secondary N) is 1. The van der Waals surface area contributed by atoms with Gasteiger partial charge in [0.1, 0.15) is 0 Å².